The maximum Gasteiger partial charge on any atom is 0.0980 e. The second kappa shape index (κ2) is 3.78. The molecule has 1 N–H and O–H groups in total. The van der Waals surface area contributed by atoms with Gasteiger partial charge >= 0.3 is 0 Å². The van der Waals surface area contributed by atoms with Gasteiger partial charge in [0.15, 0.2) is 0 Å². The molecule has 2 unspecified atom stereocenters. The molecule has 0 spiro atoms. The lowest BCUT2D eigenvalue weighted by Crippen LogP contribution is -2.34. The first kappa shape index (κ1) is 9.36. The molecular formula is C8H16O2S. The number of thioether (sulfide) groups is 1. The Morgan fingerprint density at radius 1 is 1.73 bits per heavy atom. The van der Waals surface area contributed by atoms with Gasteiger partial charge in [-0.1, -0.05) is 6.92 Å². The maximum absolute atomic E-state index is 9.85. The molecule has 1 heterocycles. The number of hydrogen-bond acceptors (Lipinski definition) is 3. The smallest absolute Gasteiger partial charge is 0.0980 e. The number of aliphatic hydroxyl groups is 1. The fourth-order valence-electron chi connectivity index (χ4n) is 1.34. The van der Waals surface area contributed by atoms with Crippen molar-refractivity contribution in [3.8, 4) is 0 Å². The molecule has 0 aromatic rings. The second-order valence-corrected chi connectivity index (χ2v) is 4.61. The Morgan fingerprint density at radius 3 is 2.91 bits per heavy atom. The van der Waals surface area contributed by atoms with Crippen LogP contribution < -0.4 is 0 Å². The monoisotopic (exact) mass is 176 g/mol. The zero-order valence-electron chi connectivity index (χ0n) is 7.17. The van der Waals surface area contributed by atoms with Crippen molar-refractivity contribution < 1.29 is 9.84 Å². The van der Waals surface area contributed by atoms with Crippen molar-refractivity contribution >= 4 is 11.8 Å². The molecule has 11 heavy (non-hydrogen) atoms. The van der Waals surface area contributed by atoms with Crippen molar-refractivity contribution in [3.63, 3.8) is 0 Å². The van der Waals surface area contributed by atoms with Gasteiger partial charge in [0.05, 0.1) is 12.2 Å². The maximum atomic E-state index is 9.85. The summed E-state index contributed by atoms with van der Waals surface area (Å²) in [6.45, 7) is 5.30. The van der Waals surface area contributed by atoms with Crippen molar-refractivity contribution in [1.29, 1.82) is 0 Å². The second-order valence-electron chi connectivity index (χ2n) is 3.19. The quantitative estimate of drug-likeness (QED) is 0.702. The van der Waals surface area contributed by atoms with Crippen LogP contribution in [0.4, 0.5) is 0 Å². The first-order valence-electron chi connectivity index (χ1n) is 4.08. The van der Waals surface area contributed by atoms with Crippen LogP contribution in [0.3, 0.4) is 0 Å². The van der Waals surface area contributed by atoms with Gasteiger partial charge in [0.1, 0.15) is 0 Å². The average Bonchev–Trinajstić information content (AvgIpc) is 2.28. The predicted octanol–water partition coefficient (Wildman–Crippen LogP) is 1.28. The topological polar surface area (TPSA) is 29.5 Å². The largest absolute Gasteiger partial charge is 0.387 e. The summed E-state index contributed by atoms with van der Waals surface area (Å²) < 4.78 is 5.21. The van der Waals surface area contributed by atoms with Crippen LogP contribution in [-0.4, -0.2) is 34.9 Å². The average molecular weight is 176 g/mol. The molecule has 2 atom stereocenters. The van der Waals surface area contributed by atoms with Crippen LogP contribution >= 0.6 is 11.8 Å². The normalized spacial score (nSPS) is 37.9. The molecule has 1 fully saturated rings. The Bertz CT molecular complexity index is 129. The first-order valence-corrected chi connectivity index (χ1v) is 5.13. The van der Waals surface area contributed by atoms with Crippen molar-refractivity contribution in [2.24, 2.45) is 0 Å². The minimum absolute atomic E-state index is 0.501. The van der Waals surface area contributed by atoms with Gasteiger partial charge in [-0.15, -0.1) is 0 Å². The van der Waals surface area contributed by atoms with Gasteiger partial charge in [-0.3, -0.25) is 0 Å². The molecule has 2 nitrogen and oxygen atoms in total. The van der Waals surface area contributed by atoms with Gasteiger partial charge in [-0.25, -0.2) is 0 Å². The molecule has 0 aromatic heterocycles. The molecule has 3 heteroatoms. The molecule has 1 aliphatic heterocycles. The van der Waals surface area contributed by atoms with E-state index < -0.39 is 5.60 Å². The van der Waals surface area contributed by atoms with Crippen molar-refractivity contribution in [2.75, 3.05) is 19.0 Å². The summed E-state index contributed by atoms with van der Waals surface area (Å²) in [5.74, 6) is 0.828. The van der Waals surface area contributed by atoms with Gasteiger partial charge in [0.2, 0.25) is 0 Å². The van der Waals surface area contributed by atoms with Crippen LogP contribution in [0.15, 0.2) is 0 Å². The summed E-state index contributed by atoms with van der Waals surface area (Å²) >= 11 is 1.82. The van der Waals surface area contributed by atoms with Gasteiger partial charge in [0.25, 0.3) is 0 Å². The van der Waals surface area contributed by atoms with Crippen LogP contribution in [0.2, 0.25) is 0 Å². The molecule has 0 saturated carbocycles. The van der Waals surface area contributed by atoms with E-state index in [1.165, 1.54) is 0 Å². The third-order valence-corrected chi connectivity index (χ3v) is 3.32. The van der Waals surface area contributed by atoms with Gasteiger partial charge in [-0.2, -0.15) is 11.8 Å². The van der Waals surface area contributed by atoms with E-state index in [-0.39, 0.29) is 0 Å². The molecule has 66 valence electrons. The first-order chi connectivity index (χ1) is 5.16. The van der Waals surface area contributed by atoms with Gasteiger partial charge in [-0.05, 0) is 13.3 Å². The Kier molecular flexibility index (Phi) is 3.22. The standard InChI is InChI=1S/C8H16O2S/c1-3-10-5-8(9)4-7(2)11-6-8/h7,9H,3-6H2,1-2H3. The highest BCUT2D eigenvalue weighted by atomic mass is 32.2. The summed E-state index contributed by atoms with van der Waals surface area (Å²) in [6, 6.07) is 0. The molecule has 0 radical (unpaired) electrons. The van der Waals surface area contributed by atoms with E-state index in [0.29, 0.717) is 18.5 Å². The summed E-state index contributed by atoms with van der Waals surface area (Å²) in [5.41, 5.74) is -0.542. The van der Waals surface area contributed by atoms with E-state index in [1.807, 2.05) is 18.7 Å². The highest BCUT2D eigenvalue weighted by molar-refractivity contribution is 8.00. The third kappa shape index (κ3) is 2.65. The molecule has 0 bridgehead atoms. The van der Waals surface area contributed by atoms with Crippen LogP contribution in [-0.2, 0) is 4.74 Å². The minimum atomic E-state index is -0.542. The van der Waals surface area contributed by atoms with Gasteiger partial charge in [0, 0.05) is 17.6 Å². The van der Waals surface area contributed by atoms with E-state index >= 15 is 0 Å². The number of ether oxygens (including phenoxy) is 1. The van der Waals surface area contributed by atoms with Crippen LogP contribution in [0.5, 0.6) is 0 Å². The lowest BCUT2D eigenvalue weighted by atomic mass is 10.0. The molecular weight excluding hydrogens is 160 g/mol. The summed E-state index contributed by atoms with van der Waals surface area (Å²) in [7, 11) is 0. The van der Waals surface area contributed by atoms with Crippen molar-refractivity contribution in [1.82, 2.24) is 0 Å². The molecule has 1 rings (SSSR count). The predicted molar refractivity (Wildman–Crippen MR) is 48.0 cm³/mol. The SMILES string of the molecule is CCOCC1(O)CSC(C)C1. The van der Waals surface area contributed by atoms with Crippen molar-refractivity contribution in [2.45, 2.75) is 31.1 Å². The summed E-state index contributed by atoms with van der Waals surface area (Å²) in [5, 5.41) is 10.4. The minimum Gasteiger partial charge on any atom is -0.387 e. The number of hydrogen-bond donors (Lipinski definition) is 1. The zero-order valence-corrected chi connectivity index (χ0v) is 7.99. The fraction of sp³-hybridized carbons (Fsp3) is 1.00. The highest BCUT2D eigenvalue weighted by Gasteiger charge is 2.35. The molecule has 0 amide bonds. The molecule has 0 aromatic carbocycles. The Balaban J connectivity index is 2.29. The van der Waals surface area contributed by atoms with Crippen LogP contribution in [0, 0.1) is 0 Å². The Morgan fingerprint density at radius 2 is 2.45 bits per heavy atom. The third-order valence-electron chi connectivity index (χ3n) is 1.88. The van der Waals surface area contributed by atoms with E-state index in [2.05, 4.69) is 6.92 Å². The number of rotatable bonds is 3. The van der Waals surface area contributed by atoms with E-state index in [0.717, 1.165) is 12.2 Å². The Labute approximate surface area is 72.3 Å². The summed E-state index contributed by atoms with van der Waals surface area (Å²) in [4.78, 5) is 0. The highest BCUT2D eigenvalue weighted by Crippen LogP contribution is 2.34. The van der Waals surface area contributed by atoms with Gasteiger partial charge < -0.3 is 9.84 Å². The molecule has 1 saturated heterocycles. The molecule has 1 aliphatic rings. The molecule has 0 aliphatic carbocycles. The van der Waals surface area contributed by atoms with E-state index in [1.54, 1.807) is 0 Å². The van der Waals surface area contributed by atoms with E-state index in [9.17, 15) is 5.11 Å². The lowest BCUT2D eigenvalue weighted by molar-refractivity contribution is -0.0269. The van der Waals surface area contributed by atoms with E-state index in [4.69, 9.17) is 4.74 Å². The summed E-state index contributed by atoms with van der Waals surface area (Å²) in [6.07, 6.45) is 0.873. The lowest BCUT2D eigenvalue weighted by Gasteiger charge is -2.20. The van der Waals surface area contributed by atoms with Crippen LogP contribution in [0.1, 0.15) is 20.3 Å². The van der Waals surface area contributed by atoms with Crippen LogP contribution in [0.25, 0.3) is 0 Å². The Hall–Kier alpha value is 0.270. The zero-order chi connectivity index (χ0) is 8.32. The fourth-order valence-corrected chi connectivity index (χ4v) is 2.57. The van der Waals surface area contributed by atoms with Crippen molar-refractivity contribution in [3.05, 3.63) is 0 Å².